The molecule has 0 spiro atoms. The van der Waals surface area contributed by atoms with Crippen LogP contribution >= 0.6 is 0 Å². The summed E-state index contributed by atoms with van der Waals surface area (Å²) in [5.74, 6) is -0.687. The minimum Gasteiger partial charge on any atom is -0.450 e. The number of carbonyl (C=O) groups is 2. The second-order valence-electron chi connectivity index (χ2n) is 5.15. The molecule has 1 N–H and O–H groups in total. The van der Waals surface area contributed by atoms with Crippen molar-refractivity contribution in [3.63, 3.8) is 0 Å². The lowest BCUT2D eigenvalue weighted by Crippen LogP contribution is -2.26. The van der Waals surface area contributed by atoms with E-state index in [4.69, 9.17) is 24.4 Å². The van der Waals surface area contributed by atoms with Crippen LogP contribution in [0.2, 0.25) is 0 Å². The Morgan fingerprint density at radius 3 is 2.23 bits per heavy atom. The van der Waals surface area contributed by atoms with Crippen LogP contribution in [0.5, 0.6) is 0 Å². The molecule has 128 valence electrons. The highest BCUT2D eigenvalue weighted by Crippen LogP contribution is 2.14. The number of esters is 1. The molecule has 22 heavy (non-hydrogen) atoms. The highest BCUT2D eigenvalue weighted by atomic mass is 17.2. The molecule has 8 heteroatoms. The first kappa shape index (κ1) is 20.2. The van der Waals surface area contributed by atoms with Crippen LogP contribution in [-0.4, -0.2) is 35.4 Å². The molecule has 0 aromatic rings. The van der Waals surface area contributed by atoms with E-state index in [9.17, 15) is 9.59 Å². The smallest absolute Gasteiger partial charge is 0.450 e. The second kappa shape index (κ2) is 9.26. The number of carbonyl (C=O) groups excluding carboxylic acids is 1. The maximum Gasteiger partial charge on any atom is 0.508 e. The van der Waals surface area contributed by atoms with Gasteiger partial charge in [-0.3, -0.25) is 0 Å². The van der Waals surface area contributed by atoms with Gasteiger partial charge in [-0.05, 0) is 41.0 Å². The molecule has 2 unspecified atom stereocenters. The maximum atomic E-state index is 11.7. The lowest BCUT2D eigenvalue weighted by molar-refractivity contribution is -0.317. The van der Waals surface area contributed by atoms with Crippen LogP contribution in [0.25, 0.3) is 0 Å². The van der Waals surface area contributed by atoms with E-state index in [2.05, 4.69) is 4.74 Å². The summed E-state index contributed by atoms with van der Waals surface area (Å²) in [6.07, 6.45) is -1.67. The molecule has 0 fully saturated rings. The van der Waals surface area contributed by atoms with Crippen LogP contribution < -0.4 is 0 Å². The van der Waals surface area contributed by atoms with Crippen molar-refractivity contribution in [2.24, 2.45) is 0 Å². The summed E-state index contributed by atoms with van der Waals surface area (Å²) in [6, 6.07) is 0. The fourth-order valence-electron chi connectivity index (χ4n) is 1.04. The van der Waals surface area contributed by atoms with Crippen LogP contribution in [0.4, 0.5) is 4.79 Å². The fourth-order valence-corrected chi connectivity index (χ4v) is 1.04. The van der Waals surface area contributed by atoms with E-state index in [1.54, 1.807) is 0 Å². The first-order valence-corrected chi connectivity index (χ1v) is 6.84. The van der Waals surface area contributed by atoms with Crippen molar-refractivity contribution in [2.45, 2.75) is 66.1 Å². The monoisotopic (exact) mass is 320 g/mol. The lowest BCUT2D eigenvalue weighted by Gasteiger charge is -2.20. The molecule has 2 atom stereocenters. The van der Waals surface area contributed by atoms with Crippen LogP contribution in [0.15, 0.2) is 11.8 Å². The molecule has 0 bridgehead atoms. The van der Waals surface area contributed by atoms with Gasteiger partial charge >= 0.3 is 12.1 Å². The van der Waals surface area contributed by atoms with Crippen molar-refractivity contribution in [1.29, 1.82) is 0 Å². The van der Waals surface area contributed by atoms with Crippen molar-refractivity contribution in [1.82, 2.24) is 0 Å². The van der Waals surface area contributed by atoms with Gasteiger partial charge in [-0.15, -0.1) is 0 Å². The number of ether oxygens (including phenoxy) is 3. The summed E-state index contributed by atoms with van der Waals surface area (Å²) < 4.78 is 14.3. The Morgan fingerprint density at radius 2 is 1.73 bits per heavy atom. The van der Waals surface area contributed by atoms with Gasteiger partial charge < -0.3 is 24.2 Å². The van der Waals surface area contributed by atoms with Gasteiger partial charge in [0.25, 0.3) is 0 Å². The number of rotatable bonds is 9. The standard InChI is InChI=1S/C14H24O8/c1-7-14(5,6)22-18-8-9(2)12(15)20-10(3)19-11(4)21-13(16)17/h8,10-11H,7H2,1-6H3,(H,16,17). The third kappa shape index (κ3) is 9.19. The Hall–Kier alpha value is -1.80. The normalized spacial score (nSPS) is 14.9. The van der Waals surface area contributed by atoms with Crippen molar-refractivity contribution in [3.05, 3.63) is 11.8 Å². The average molecular weight is 320 g/mol. The Balaban J connectivity index is 4.26. The molecule has 0 radical (unpaired) electrons. The molecular weight excluding hydrogens is 296 g/mol. The number of hydrogen-bond acceptors (Lipinski definition) is 7. The van der Waals surface area contributed by atoms with E-state index in [0.717, 1.165) is 12.7 Å². The molecule has 0 rings (SSSR count). The predicted molar refractivity (Wildman–Crippen MR) is 75.5 cm³/mol. The zero-order valence-electron chi connectivity index (χ0n) is 13.7. The van der Waals surface area contributed by atoms with Crippen molar-refractivity contribution in [3.8, 4) is 0 Å². The van der Waals surface area contributed by atoms with E-state index in [0.29, 0.717) is 0 Å². The van der Waals surface area contributed by atoms with Gasteiger partial charge in [0.1, 0.15) is 11.9 Å². The Morgan fingerprint density at radius 1 is 1.18 bits per heavy atom. The molecular formula is C14H24O8. The SMILES string of the molecule is CCC(C)(C)OOC=C(C)C(=O)OC(C)OC(C)OC(=O)O. The topological polar surface area (TPSA) is 101 Å². The second-order valence-corrected chi connectivity index (χ2v) is 5.15. The number of hydrogen-bond donors (Lipinski definition) is 1. The average Bonchev–Trinajstić information content (AvgIpc) is 2.36. The molecule has 0 heterocycles. The van der Waals surface area contributed by atoms with Gasteiger partial charge in [0, 0.05) is 0 Å². The Kier molecular flexibility index (Phi) is 8.51. The third-order valence-corrected chi connectivity index (χ3v) is 2.60. The van der Waals surface area contributed by atoms with Gasteiger partial charge in [-0.2, -0.15) is 4.89 Å². The summed E-state index contributed by atoms with van der Waals surface area (Å²) >= 11 is 0. The fraction of sp³-hybridized carbons (Fsp3) is 0.714. The van der Waals surface area contributed by atoms with E-state index >= 15 is 0 Å². The summed E-state index contributed by atoms with van der Waals surface area (Å²) in [5.41, 5.74) is -0.310. The zero-order valence-corrected chi connectivity index (χ0v) is 13.7. The Bertz CT molecular complexity index is 402. The van der Waals surface area contributed by atoms with E-state index in [1.165, 1.54) is 20.8 Å². The summed E-state index contributed by atoms with van der Waals surface area (Å²) in [5, 5.41) is 8.40. The van der Waals surface area contributed by atoms with Gasteiger partial charge in [0.05, 0.1) is 5.57 Å². The van der Waals surface area contributed by atoms with E-state index in [-0.39, 0.29) is 5.57 Å². The number of carboxylic acid groups (broad SMARTS) is 1. The minimum atomic E-state index is -1.48. The lowest BCUT2D eigenvalue weighted by atomic mass is 10.1. The Labute approximate surface area is 129 Å². The van der Waals surface area contributed by atoms with Gasteiger partial charge in [0.15, 0.2) is 0 Å². The third-order valence-electron chi connectivity index (χ3n) is 2.60. The highest BCUT2D eigenvalue weighted by molar-refractivity contribution is 5.87. The molecule has 0 aromatic heterocycles. The molecule has 8 nitrogen and oxygen atoms in total. The molecule has 0 saturated heterocycles. The molecule has 0 aliphatic carbocycles. The van der Waals surface area contributed by atoms with Gasteiger partial charge in [0.2, 0.25) is 12.6 Å². The van der Waals surface area contributed by atoms with Gasteiger partial charge in [-0.25, -0.2) is 9.59 Å². The summed E-state index contributed by atoms with van der Waals surface area (Å²) in [7, 11) is 0. The highest BCUT2D eigenvalue weighted by Gasteiger charge is 2.19. The van der Waals surface area contributed by atoms with E-state index in [1.807, 2.05) is 20.8 Å². The van der Waals surface area contributed by atoms with Crippen molar-refractivity contribution in [2.75, 3.05) is 0 Å². The zero-order chi connectivity index (χ0) is 17.3. The van der Waals surface area contributed by atoms with Gasteiger partial charge in [-0.1, -0.05) is 6.92 Å². The van der Waals surface area contributed by atoms with Crippen molar-refractivity contribution < 1.29 is 38.7 Å². The molecule has 0 aliphatic rings. The molecule has 0 amide bonds. The predicted octanol–water partition coefficient (Wildman–Crippen LogP) is 2.97. The van der Waals surface area contributed by atoms with Crippen LogP contribution in [0.1, 0.15) is 48.0 Å². The van der Waals surface area contributed by atoms with Crippen LogP contribution in [0.3, 0.4) is 0 Å². The van der Waals surface area contributed by atoms with Crippen molar-refractivity contribution >= 4 is 12.1 Å². The first-order chi connectivity index (χ1) is 10.1. The molecule has 0 aromatic carbocycles. The largest absolute Gasteiger partial charge is 0.508 e. The minimum absolute atomic E-state index is 0.161. The maximum absolute atomic E-state index is 11.7. The molecule has 0 aliphatic heterocycles. The van der Waals surface area contributed by atoms with E-state index < -0.39 is 30.3 Å². The summed E-state index contributed by atoms with van der Waals surface area (Å²) in [4.78, 5) is 32.0. The first-order valence-electron chi connectivity index (χ1n) is 6.84. The summed E-state index contributed by atoms with van der Waals surface area (Å²) in [6.45, 7) is 9.90. The molecule has 0 saturated carbocycles. The van der Waals surface area contributed by atoms with Crippen LogP contribution in [-0.2, 0) is 28.8 Å². The quantitative estimate of drug-likeness (QED) is 0.173. The van der Waals surface area contributed by atoms with Crippen LogP contribution in [0, 0.1) is 0 Å².